The van der Waals surface area contributed by atoms with Gasteiger partial charge in [-0.2, -0.15) is 42.5 Å². The van der Waals surface area contributed by atoms with Crippen molar-refractivity contribution >= 4 is 0 Å². The van der Waals surface area contributed by atoms with Crippen molar-refractivity contribution in [1.29, 1.82) is 0 Å². The summed E-state index contributed by atoms with van der Waals surface area (Å²) in [4.78, 5) is 0. The SMILES string of the molecule is Cc1[c-]c(-c2[c-]cccc2)ccc1C.[W+2]. The van der Waals surface area contributed by atoms with E-state index in [4.69, 9.17) is 0 Å². The summed E-state index contributed by atoms with van der Waals surface area (Å²) in [5, 5.41) is 0. The van der Waals surface area contributed by atoms with E-state index in [0.29, 0.717) is 0 Å². The Labute approximate surface area is 106 Å². The molecule has 2 rings (SSSR count). The van der Waals surface area contributed by atoms with Crippen LogP contribution in [0.15, 0.2) is 36.4 Å². The summed E-state index contributed by atoms with van der Waals surface area (Å²) in [5.74, 6) is 0. The maximum Gasteiger partial charge on any atom is 2.00 e. The molecule has 0 aliphatic heterocycles. The minimum Gasteiger partial charge on any atom is -0.226 e. The molecule has 0 saturated carbocycles. The number of benzene rings is 2. The quantitative estimate of drug-likeness (QED) is 0.679. The van der Waals surface area contributed by atoms with Crippen LogP contribution < -0.4 is 0 Å². The van der Waals surface area contributed by atoms with E-state index in [1.165, 1.54) is 11.1 Å². The van der Waals surface area contributed by atoms with E-state index < -0.39 is 0 Å². The van der Waals surface area contributed by atoms with Crippen LogP contribution in [-0.4, -0.2) is 0 Å². The van der Waals surface area contributed by atoms with Crippen molar-refractivity contribution in [3.05, 3.63) is 59.7 Å². The van der Waals surface area contributed by atoms with Gasteiger partial charge in [0.1, 0.15) is 0 Å². The van der Waals surface area contributed by atoms with Gasteiger partial charge in [-0.05, 0) is 0 Å². The second-order valence-corrected chi connectivity index (χ2v) is 3.46. The van der Waals surface area contributed by atoms with E-state index in [2.05, 4.69) is 44.2 Å². The topological polar surface area (TPSA) is 0 Å². The van der Waals surface area contributed by atoms with E-state index in [1.807, 2.05) is 18.2 Å². The molecule has 0 nitrogen and oxygen atoms in total. The molecule has 15 heavy (non-hydrogen) atoms. The average molecular weight is 364 g/mol. The van der Waals surface area contributed by atoms with E-state index >= 15 is 0 Å². The van der Waals surface area contributed by atoms with Gasteiger partial charge in [-0.1, -0.05) is 13.8 Å². The molecule has 0 heterocycles. The predicted molar refractivity (Wildman–Crippen MR) is 59.0 cm³/mol. The molecule has 0 saturated heterocycles. The number of hydrogen-bond acceptors (Lipinski definition) is 0. The minimum absolute atomic E-state index is 0. The van der Waals surface area contributed by atoms with Gasteiger partial charge in [0, 0.05) is 0 Å². The van der Waals surface area contributed by atoms with Crippen LogP contribution in [0.3, 0.4) is 0 Å². The normalized spacial score (nSPS) is 9.47. The Morgan fingerprint density at radius 3 is 2.33 bits per heavy atom. The molecule has 0 fully saturated rings. The summed E-state index contributed by atoms with van der Waals surface area (Å²) in [6.07, 6.45) is 0. The first-order valence-corrected chi connectivity index (χ1v) is 4.74. The molecule has 0 N–H and O–H groups in total. The zero-order chi connectivity index (χ0) is 9.97. The Morgan fingerprint density at radius 2 is 1.73 bits per heavy atom. The van der Waals surface area contributed by atoms with Gasteiger partial charge >= 0.3 is 21.1 Å². The largest absolute Gasteiger partial charge is 2.00 e. The van der Waals surface area contributed by atoms with Crippen LogP contribution >= 0.6 is 0 Å². The van der Waals surface area contributed by atoms with Gasteiger partial charge in [0.05, 0.1) is 0 Å². The molecule has 0 radical (unpaired) electrons. The van der Waals surface area contributed by atoms with Crippen LogP contribution in [0.1, 0.15) is 11.1 Å². The molecular weight excluding hydrogens is 352 g/mol. The molecule has 0 amide bonds. The van der Waals surface area contributed by atoms with Crippen molar-refractivity contribution in [1.82, 2.24) is 0 Å². The Bertz CT molecular complexity index is 432. The van der Waals surface area contributed by atoms with Crippen LogP contribution in [0.5, 0.6) is 0 Å². The van der Waals surface area contributed by atoms with Gasteiger partial charge in [0.2, 0.25) is 0 Å². The summed E-state index contributed by atoms with van der Waals surface area (Å²) < 4.78 is 0. The Morgan fingerprint density at radius 1 is 0.933 bits per heavy atom. The average Bonchev–Trinajstić information content (AvgIpc) is 2.23. The molecule has 1 heteroatoms. The third kappa shape index (κ3) is 2.79. The van der Waals surface area contributed by atoms with Crippen LogP contribution in [0.2, 0.25) is 0 Å². The summed E-state index contributed by atoms with van der Waals surface area (Å²) in [6.45, 7) is 4.19. The van der Waals surface area contributed by atoms with Crippen LogP contribution in [0.25, 0.3) is 11.1 Å². The fourth-order valence-corrected chi connectivity index (χ4v) is 1.39. The van der Waals surface area contributed by atoms with Crippen LogP contribution in [0.4, 0.5) is 0 Å². The summed E-state index contributed by atoms with van der Waals surface area (Å²) in [5.41, 5.74) is 4.72. The molecule has 0 aromatic heterocycles. The number of hydrogen-bond donors (Lipinski definition) is 0. The first-order chi connectivity index (χ1) is 6.77. The first-order valence-electron chi connectivity index (χ1n) is 4.74. The summed E-state index contributed by atoms with van der Waals surface area (Å²) in [6, 6.07) is 18.8. The second-order valence-electron chi connectivity index (χ2n) is 3.46. The molecule has 0 bridgehead atoms. The van der Waals surface area contributed by atoms with E-state index in [1.54, 1.807) is 0 Å². The molecule has 0 aliphatic carbocycles. The molecule has 0 aliphatic rings. The van der Waals surface area contributed by atoms with Gasteiger partial charge in [0.15, 0.2) is 0 Å². The zero-order valence-electron chi connectivity index (χ0n) is 8.87. The standard InChI is InChI=1S/C14H12.W/c1-11-8-9-14(10-12(11)2)13-6-4-3-5-7-13;/h3-6,8-9H,1-2H3;/q-2;+2. The number of aryl methyl sites for hydroxylation is 2. The molecule has 2 aromatic carbocycles. The fourth-order valence-electron chi connectivity index (χ4n) is 1.39. The Kier molecular flexibility index (Phi) is 4.29. The van der Waals surface area contributed by atoms with Gasteiger partial charge < -0.3 is 0 Å². The molecule has 2 aromatic rings. The van der Waals surface area contributed by atoms with Crippen LogP contribution in [0, 0.1) is 26.0 Å². The maximum absolute atomic E-state index is 3.36. The zero-order valence-corrected chi connectivity index (χ0v) is 11.8. The van der Waals surface area contributed by atoms with Gasteiger partial charge in [-0.3, -0.25) is 0 Å². The Balaban J connectivity index is 0.00000112. The van der Waals surface area contributed by atoms with E-state index in [-0.39, 0.29) is 21.1 Å². The van der Waals surface area contributed by atoms with Crippen molar-refractivity contribution in [2.75, 3.05) is 0 Å². The predicted octanol–water partition coefficient (Wildman–Crippen LogP) is 3.57. The summed E-state index contributed by atoms with van der Waals surface area (Å²) in [7, 11) is 0. The minimum atomic E-state index is 0. The maximum atomic E-state index is 3.36. The van der Waals surface area contributed by atoms with Crippen molar-refractivity contribution in [3.63, 3.8) is 0 Å². The summed E-state index contributed by atoms with van der Waals surface area (Å²) >= 11 is 0. The van der Waals surface area contributed by atoms with Gasteiger partial charge in [0.25, 0.3) is 0 Å². The van der Waals surface area contributed by atoms with Crippen molar-refractivity contribution in [2.45, 2.75) is 13.8 Å². The van der Waals surface area contributed by atoms with Crippen molar-refractivity contribution in [3.8, 4) is 11.1 Å². The Hall–Kier alpha value is -0.872. The van der Waals surface area contributed by atoms with Crippen molar-refractivity contribution < 1.29 is 21.1 Å². The molecule has 0 atom stereocenters. The van der Waals surface area contributed by atoms with Gasteiger partial charge in [-0.25, -0.2) is 11.1 Å². The van der Waals surface area contributed by atoms with Gasteiger partial charge in [-0.15, -0.1) is 17.2 Å². The number of rotatable bonds is 1. The smallest absolute Gasteiger partial charge is 0.226 e. The van der Waals surface area contributed by atoms with Crippen molar-refractivity contribution in [2.24, 2.45) is 0 Å². The van der Waals surface area contributed by atoms with E-state index in [9.17, 15) is 0 Å². The fraction of sp³-hybridized carbons (Fsp3) is 0.143. The molecule has 0 spiro atoms. The molecule has 0 unspecified atom stereocenters. The first kappa shape index (κ1) is 12.2. The monoisotopic (exact) mass is 364 g/mol. The molecule has 74 valence electrons. The molecular formula is C14H12W. The third-order valence-corrected chi connectivity index (χ3v) is 2.41. The second kappa shape index (κ2) is 5.28. The van der Waals surface area contributed by atoms with E-state index in [0.717, 1.165) is 11.1 Å². The van der Waals surface area contributed by atoms with Crippen LogP contribution in [-0.2, 0) is 21.1 Å². The third-order valence-electron chi connectivity index (χ3n) is 2.41.